The predicted octanol–water partition coefficient (Wildman–Crippen LogP) is -3.02. The Morgan fingerprint density at radius 1 is 1.20 bits per heavy atom. The summed E-state index contributed by atoms with van der Waals surface area (Å²) in [6.45, 7) is 1.93. The van der Waals surface area contributed by atoms with Crippen LogP contribution in [0.2, 0.25) is 0 Å². The van der Waals surface area contributed by atoms with Crippen LogP contribution in [0.5, 0.6) is 0 Å². The van der Waals surface area contributed by atoms with Crippen LogP contribution in [0.3, 0.4) is 0 Å². The van der Waals surface area contributed by atoms with Crippen LogP contribution in [-0.2, 0) is 10.4 Å². The number of hydrogen-bond donors (Lipinski definition) is 3. The molecule has 0 heterocycles. The van der Waals surface area contributed by atoms with Crippen LogP contribution < -0.4 is 0 Å². The van der Waals surface area contributed by atoms with Crippen LogP contribution in [0, 0.1) is 0 Å². The third-order valence-electron chi connectivity index (χ3n) is 0. The van der Waals surface area contributed by atoms with Crippen LogP contribution >= 0.6 is 0 Å². The summed E-state index contributed by atoms with van der Waals surface area (Å²) < 4.78 is 31.6. The van der Waals surface area contributed by atoms with Crippen molar-refractivity contribution in [1.29, 1.82) is 0 Å². The Morgan fingerprint density at radius 2 is 1.20 bits per heavy atom. The molecule has 5 nitrogen and oxygen atoms in total. The molecule has 0 aromatic carbocycles. The first-order valence-electron chi connectivity index (χ1n) is 1.72. The predicted molar refractivity (Wildman–Crippen MR) is 46.8 cm³/mol. The Kier molecular flexibility index (Phi) is 28.2. The molecule has 3 N–H and O–H groups in total. The van der Waals surface area contributed by atoms with E-state index in [2.05, 4.69) is 0 Å². The summed E-state index contributed by atoms with van der Waals surface area (Å²) in [5.41, 5.74) is 0. The van der Waals surface area contributed by atoms with Gasteiger partial charge in [-0.2, -0.15) is 8.42 Å². The van der Waals surface area contributed by atoms with Gasteiger partial charge in [-0.05, 0) is 6.92 Å². The SMILES string of the molecule is CCO.O=S(=O)(O)O.[AlH3].[AlH3]. The van der Waals surface area contributed by atoms with Crippen molar-refractivity contribution in [2.75, 3.05) is 6.61 Å². The molecule has 0 amide bonds. The Labute approximate surface area is 81.3 Å². The Bertz CT molecular complexity index is 112. The molecule has 0 saturated carbocycles. The van der Waals surface area contributed by atoms with Crippen molar-refractivity contribution < 1.29 is 22.6 Å². The van der Waals surface area contributed by atoms with Crippen molar-refractivity contribution in [2.45, 2.75) is 6.92 Å². The van der Waals surface area contributed by atoms with Gasteiger partial charge in [-0.15, -0.1) is 0 Å². The second kappa shape index (κ2) is 12.6. The van der Waals surface area contributed by atoms with Gasteiger partial charge in [0.1, 0.15) is 0 Å². The molecule has 64 valence electrons. The van der Waals surface area contributed by atoms with Crippen LogP contribution in [0.4, 0.5) is 0 Å². The zero-order valence-corrected chi connectivity index (χ0v) is 5.09. The highest BCUT2D eigenvalue weighted by Crippen LogP contribution is 1.59. The molecule has 0 radical (unpaired) electrons. The minimum absolute atomic E-state index is 0. The van der Waals surface area contributed by atoms with Crippen LogP contribution in [0.25, 0.3) is 0 Å². The molecule has 0 rings (SSSR count). The molecule has 0 aromatic rings. The summed E-state index contributed by atoms with van der Waals surface area (Å²) in [5.74, 6) is 0. The average Bonchev–Trinajstić information content (AvgIpc) is 1.27. The maximum absolute atomic E-state index is 8.74. The lowest BCUT2D eigenvalue weighted by molar-refractivity contribution is 0.318. The average molecular weight is 204 g/mol. The van der Waals surface area contributed by atoms with Crippen molar-refractivity contribution in [3.05, 3.63) is 0 Å². The Morgan fingerprint density at radius 3 is 1.20 bits per heavy atom. The van der Waals surface area contributed by atoms with Crippen LogP contribution in [0.15, 0.2) is 0 Å². The van der Waals surface area contributed by atoms with Crippen molar-refractivity contribution in [3.8, 4) is 0 Å². The topological polar surface area (TPSA) is 94.8 Å². The van der Waals surface area contributed by atoms with E-state index in [0.29, 0.717) is 0 Å². The molecule has 0 bridgehead atoms. The third kappa shape index (κ3) is 692. The van der Waals surface area contributed by atoms with Gasteiger partial charge in [0, 0.05) is 6.61 Å². The number of aliphatic hydroxyl groups excluding tert-OH is 1. The largest absolute Gasteiger partial charge is 0.397 e. The first-order valence-corrected chi connectivity index (χ1v) is 3.12. The highest BCUT2D eigenvalue weighted by molar-refractivity contribution is 7.79. The summed E-state index contributed by atoms with van der Waals surface area (Å²) in [6, 6.07) is 0. The van der Waals surface area contributed by atoms with E-state index >= 15 is 0 Å². The molecule has 10 heavy (non-hydrogen) atoms. The van der Waals surface area contributed by atoms with E-state index in [9.17, 15) is 0 Å². The lowest BCUT2D eigenvalue weighted by atomic mass is 10.9. The Balaban J connectivity index is -0.0000000326. The summed E-state index contributed by atoms with van der Waals surface area (Å²) in [4.78, 5) is 0. The molecular weight excluding hydrogens is 190 g/mol. The third-order valence-corrected chi connectivity index (χ3v) is 0. The molecule has 0 aliphatic rings. The number of aliphatic hydroxyl groups is 1. The number of hydrogen-bond acceptors (Lipinski definition) is 3. The van der Waals surface area contributed by atoms with Gasteiger partial charge < -0.3 is 5.11 Å². The molecule has 0 fully saturated rings. The molecule has 0 aromatic heterocycles. The zero-order chi connectivity index (χ0) is 7.21. The quantitative estimate of drug-likeness (QED) is 0.288. The van der Waals surface area contributed by atoms with Gasteiger partial charge in [-0.3, -0.25) is 9.11 Å². The minimum Gasteiger partial charge on any atom is -0.397 e. The minimum atomic E-state index is -4.67. The molecule has 0 saturated heterocycles. The first-order chi connectivity index (χ1) is 3.41. The van der Waals surface area contributed by atoms with E-state index in [1.807, 2.05) is 0 Å². The van der Waals surface area contributed by atoms with Gasteiger partial charge in [-0.25, -0.2) is 0 Å². The van der Waals surface area contributed by atoms with Crippen molar-refractivity contribution >= 4 is 45.1 Å². The summed E-state index contributed by atoms with van der Waals surface area (Å²) in [5, 5.41) is 7.57. The van der Waals surface area contributed by atoms with Crippen LogP contribution in [0.1, 0.15) is 6.92 Å². The summed E-state index contributed by atoms with van der Waals surface area (Å²) >= 11 is 0. The van der Waals surface area contributed by atoms with Gasteiger partial charge in [0.2, 0.25) is 0 Å². The van der Waals surface area contributed by atoms with Crippen molar-refractivity contribution in [1.82, 2.24) is 0 Å². The van der Waals surface area contributed by atoms with Crippen LogP contribution in [-0.4, -0.2) is 64.0 Å². The van der Waals surface area contributed by atoms with Crippen molar-refractivity contribution in [3.63, 3.8) is 0 Å². The van der Waals surface area contributed by atoms with Gasteiger partial charge in [0.25, 0.3) is 0 Å². The van der Waals surface area contributed by atoms with E-state index < -0.39 is 10.4 Å². The number of rotatable bonds is 0. The molecule has 8 heteroatoms. The van der Waals surface area contributed by atoms with Gasteiger partial charge in [0.15, 0.2) is 34.7 Å². The maximum atomic E-state index is 8.74. The monoisotopic (exact) mass is 204 g/mol. The zero-order valence-electron chi connectivity index (χ0n) is 4.27. The van der Waals surface area contributed by atoms with E-state index in [1.165, 1.54) is 0 Å². The molecule has 0 unspecified atom stereocenters. The highest BCUT2D eigenvalue weighted by Gasteiger charge is 1.84. The molecule has 0 spiro atoms. The van der Waals surface area contributed by atoms with E-state index in [0.717, 1.165) is 0 Å². The van der Waals surface area contributed by atoms with Gasteiger partial charge >= 0.3 is 10.4 Å². The lowest BCUT2D eigenvalue weighted by Crippen LogP contribution is -1.89. The lowest BCUT2D eigenvalue weighted by Gasteiger charge is -1.68. The highest BCUT2D eigenvalue weighted by atomic mass is 32.3. The Hall–Kier alpha value is 0.895. The van der Waals surface area contributed by atoms with E-state index in [4.69, 9.17) is 22.6 Å². The molecule has 0 aliphatic carbocycles. The maximum Gasteiger partial charge on any atom is 0.394 e. The fourth-order valence-corrected chi connectivity index (χ4v) is 0. The van der Waals surface area contributed by atoms with E-state index in [-0.39, 0.29) is 41.3 Å². The molecule has 0 aliphatic heterocycles. The fraction of sp³-hybridized carbons (Fsp3) is 1.00. The smallest absolute Gasteiger partial charge is 0.394 e. The van der Waals surface area contributed by atoms with E-state index in [1.54, 1.807) is 6.92 Å². The second-order valence-electron chi connectivity index (χ2n) is 0.764. The summed E-state index contributed by atoms with van der Waals surface area (Å²) in [6.07, 6.45) is 0. The fourth-order valence-electron chi connectivity index (χ4n) is 0. The summed E-state index contributed by atoms with van der Waals surface area (Å²) in [7, 11) is -4.67. The molecule has 0 atom stereocenters. The second-order valence-corrected chi connectivity index (χ2v) is 1.66. The van der Waals surface area contributed by atoms with Crippen molar-refractivity contribution in [2.24, 2.45) is 0 Å². The van der Waals surface area contributed by atoms with Gasteiger partial charge in [0.05, 0.1) is 0 Å². The standard InChI is InChI=1S/C2H6O.2Al.H2O4S.6H/c1-2-3;;;1-5(2,3)4;;;;;;/h3H,2H2,1H3;;;(H2,1,2,3,4);;;;;;. The molecular formula is C2H14Al2O5S. The van der Waals surface area contributed by atoms with Gasteiger partial charge in [-0.1, -0.05) is 0 Å². The normalized spacial score (nSPS) is 7.60. The first kappa shape index (κ1) is 22.4.